The Morgan fingerprint density at radius 2 is 1.56 bits per heavy atom. The first kappa shape index (κ1) is 14.3. The molecule has 1 atom stereocenters. The molecule has 2 rings (SSSR count). The second kappa shape index (κ2) is 6.33. The van der Waals surface area contributed by atoms with E-state index in [0.717, 1.165) is 6.54 Å². The Morgan fingerprint density at radius 3 is 2.33 bits per heavy atom. The van der Waals surface area contributed by atoms with Gasteiger partial charge in [0.15, 0.2) is 0 Å². The molecule has 18 heavy (non-hydrogen) atoms. The summed E-state index contributed by atoms with van der Waals surface area (Å²) in [6.45, 7) is 8.10. The summed E-state index contributed by atoms with van der Waals surface area (Å²) in [5.74, 6) is 0. The van der Waals surface area contributed by atoms with Gasteiger partial charge in [-0.2, -0.15) is 0 Å². The predicted molar refractivity (Wildman–Crippen MR) is 76.8 cm³/mol. The van der Waals surface area contributed by atoms with E-state index in [1.54, 1.807) is 0 Å². The van der Waals surface area contributed by atoms with Crippen molar-refractivity contribution in [1.29, 1.82) is 0 Å². The molecule has 0 aromatic heterocycles. The zero-order valence-corrected chi connectivity index (χ0v) is 12.2. The lowest BCUT2D eigenvalue weighted by molar-refractivity contribution is 0.0831. The van der Waals surface area contributed by atoms with Gasteiger partial charge in [-0.3, -0.25) is 4.90 Å². The molecule has 0 saturated carbocycles. The quantitative estimate of drug-likeness (QED) is 0.775. The van der Waals surface area contributed by atoms with Crippen LogP contribution in [0.5, 0.6) is 0 Å². The van der Waals surface area contributed by atoms with E-state index in [1.165, 1.54) is 65.0 Å². The highest BCUT2D eigenvalue weighted by Crippen LogP contribution is 2.28. The summed E-state index contributed by atoms with van der Waals surface area (Å²) in [4.78, 5) is 7.62. The summed E-state index contributed by atoms with van der Waals surface area (Å²) in [6, 6.07) is 0. The molecule has 2 fully saturated rings. The zero-order chi connectivity index (χ0) is 13.0. The Labute approximate surface area is 112 Å². The van der Waals surface area contributed by atoms with Crippen LogP contribution in [0.25, 0.3) is 0 Å². The van der Waals surface area contributed by atoms with Crippen molar-refractivity contribution in [1.82, 2.24) is 14.7 Å². The van der Waals surface area contributed by atoms with E-state index in [2.05, 4.69) is 28.8 Å². The van der Waals surface area contributed by atoms with Crippen molar-refractivity contribution in [3.05, 3.63) is 0 Å². The van der Waals surface area contributed by atoms with Crippen molar-refractivity contribution >= 4 is 0 Å². The van der Waals surface area contributed by atoms with E-state index in [9.17, 15) is 0 Å². The Hall–Kier alpha value is -0.160. The second-order valence-electron chi connectivity index (χ2n) is 6.23. The highest BCUT2D eigenvalue weighted by atomic mass is 15.3. The molecule has 2 saturated heterocycles. The normalized spacial score (nSPS) is 34.2. The lowest BCUT2D eigenvalue weighted by atomic mass is 9.88. The minimum Gasteiger partial charge on any atom is -0.329 e. The van der Waals surface area contributed by atoms with E-state index < -0.39 is 0 Å². The molecule has 0 aliphatic carbocycles. The van der Waals surface area contributed by atoms with Gasteiger partial charge in [0.25, 0.3) is 0 Å². The lowest BCUT2D eigenvalue weighted by Crippen LogP contribution is -2.55. The van der Waals surface area contributed by atoms with Gasteiger partial charge in [0.2, 0.25) is 0 Å². The molecular formula is C14H30N4. The minimum absolute atomic E-state index is 0.274. The first-order valence-electron chi connectivity index (χ1n) is 7.48. The number of rotatable bonds is 2. The molecular weight excluding hydrogens is 224 g/mol. The van der Waals surface area contributed by atoms with E-state index in [1.807, 2.05) is 0 Å². The molecule has 0 amide bonds. The fourth-order valence-electron chi connectivity index (χ4n) is 3.48. The van der Waals surface area contributed by atoms with Crippen LogP contribution in [0.2, 0.25) is 0 Å². The van der Waals surface area contributed by atoms with Gasteiger partial charge in [0.05, 0.1) is 0 Å². The van der Waals surface area contributed by atoms with Crippen LogP contribution in [-0.2, 0) is 0 Å². The molecule has 0 radical (unpaired) electrons. The van der Waals surface area contributed by atoms with E-state index >= 15 is 0 Å². The Bertz CT molecular complexity index is 258. The second-order valence-corrected chi connectivity index (χ2v) is 6.23. The fourth-order valence-corrected chi connectivity index (χ4v) is 3.48. The monoisotopic (exact) mass is 254 g/mol. The highest BCUT2D eigenvalue weighted by molar-refractivity contribution is 4.95. The maximum Gasteiger partial charge on any atom is 0.0344 e. The van der Waals surface area contributed by atoms with Crippen molar-refractivity contribution < 1.29 is 0 Å². The number of nitrogens with zero attached hydrogens (tertiary/aromatic N) is 3. The third-order valence-corrected chi connectivity index (χ3v) is 4.91. The molecule has 2 heterocycles. The van der Waals surface area contributed by atoms with Gasteiger partial charge in [0, 0.05) is 31.7 Å². The number of hydrogen-bond acceptors (Lipinski definition) is 4. The molecule has 0 aromatic carbocycles. The summed E-state index contributed by atoms with van der Waals surface area (Å²) in [5.41, 5.74) is 6.47. The maximum absolute atomic E-state index is 6.20. The third-order valence-electron chi connectivity index (χ3n) is 4.91. The maximum atomic E-state index is 6.20. The van der Waals surface area contributed by atoms with Crippen molar-refractivity contribution in [2.24, 2.45) is 5.73 Å². The lowest BCUT2D eigenvalue weighted by Gasteiger charge is -2.42. The third kappa shape index (κ3) is 3.23. The van der Waals surface area contributed by atoms with Gasteiger partial charge in [-0.05, 0) is 59.4 Å². The molecule has 2 N–H and O–H groups in total. The molecule has 4 heteroatoms. The number of nitrogens with two attached hydrogens (primary N) is 1. The predicted octanol–water partition coefficient (Wildman–Crippen LogP) is 0.437. The molecule has 2 aliphatic rings. The van der Waals surface area contributed by atoms with Crippen LogP contribution in [0.3, 0.4) is 0 Å². The summed E-state index contributed by atoms with van der Waals surface area (Å²) in [5, 5.41) is 0. The SMILES string of the molecule is CN1CCCN(C2(CN)CCCN(C)CC2)CC1. The van der Waals surface area contributed by atoms with Crippen LogP contribution < -0.4 is 5.73 Å². The fraction of sp³-hybridized carbons (Fsp3) is 1.00. The standard InChI is InChI=1S/C14H30N4/c1-16-7-3-5-14(13-15,6-10-16)18-9-4-8-17(2)11-12-18/h3-13,15H2,1-2H3. The molecule has 1 unspecified atom stereocenters. The van der Waals surface area contributed by atoms with Crippen molar-refractivity contribution in [2.45, 2.75) is 31.2 Å². The van der Waals surface area contributed by atoms with Crippen LogP contribution in [0, 0.1) is 0 Å². The van der Waals surface area contributed by atoms with Gasteiger partial charge >= 0.3 is 0 Å². The van der Waals surface area contributed by atoms with Crippen LogP contribution in [-0.4, -0.2) is 80.1 Å². The summed E-state index contributed by atoms with van der Waals surface area (Å²) in [6.07, 6.45) is 5.09. The summed E-state index contributed by atoms with van der Waals surface area (Å²) >= 11 is 0. The van der Waals surface area contributed by atoms with E-state index in [4.69, 9.17) is 5.73 Å². The van der Waals surface area contributed by atoms with Gasteiger partial charge in [-0.25, -0.2) is 0 Å². The molecule has 2 aliphatic heterocycles. The van der Waals surface area contributed by atoms with Gasteiger partial charge < -0.3 is 15.5 Å². The van der Waals surface area contributed by atoms with Crippen LogP contribution in [0.1, 0.15) is 25.7 Å². The van der Waals surface area contributed by atoms with Gasteiger partial charge in [0.1, 0.15) is 0 Å². The molecule has 4 nitrogen and oxygen atoms in total. The molecule has 0 bridgehead atoms. The average Bonchev–Trinajstić information content (AvgIpc) is 2.69. The minimum atomic E-state index is 0.274. The van der Waals surface area contributed by atoms with Crippen LogP contribution in [0.4, 0.5) is 0 Å². The largest absolute Gasteiger partial charge is 0.329 e. The number of likely N-dealkylation sites (tertiary alicyclic amines) is 1. The molecule has 0 aromatic rings. The van der Waals surface area contributed by atoms with Crippen LogP contribution >= 0.6 is 0 Å². The highest BCUT2D eigenvalue weighted by Gasteiger charge is 2.36. The van der Waals surface area contributed by atoms with E-state index in [0.29, 0.717) is 0 Å². The summed E-state index contributed by atoms with van der Waals surface area (Å²) < 4.78 is 0. The first-order chi connectivity index (χ1) is 8.66. The Kier molecular flexibility index (Phi) is 5.01. The Morgan fingerprint density at radius 1 is 0.833 bits per heavy atom. The zero-order valence-electron chi connectivity index (χ0n) is 12.2. The topological polar surface area (TPSA) is 35.7 Å². The van der Waals surface area contributed by atoms with Crippen molar-refractivity contribution in [3.63, 3.8) is 0 Å². The van der Waals surface area contributed by atoms with Crippen molar-refractivity contribution in [3.8, 4) is 0 Å². The molecule has 0 spiro atoms. The van der Waals surface area contributed by atoms with E-state index in [-0.39, 0.29) is 5.54 Å². The van der Waals surface area contributed by atoms with Gasteiger partial charge in [-0.15, -0.1) is 0 Å². The van der Waals surface area contributed by atoms with Crippen LogP contribution in [0.15, 0.2) is 0 Å². The smallest absolute Gasteiger partial charge is 0.0344 e. The summed E-state index contributed by atoms with van der Waals surface area (Å²) in [7, 11) is 4.47. The average molecular weight is 254 g/mol. The van der Waals surface area contributed by atoms with Gasteiger partial charge in [-0.1, -0.05) is 0 Å². The number of hydrogen-bond donors (Lipinski definition) is 1. The van der Waals surface area contributed by atoms with Crippen molar-refractivity contribution in [2.75, 3.05) is 59.9 Å². The first-order valence-corrected chi connectivity index (χ1v) is 7.48. The molecule has 106 valence electrons. The Balaban J connectivity index is 2.05. The number of likely N-dealkylation sites (N-methyl/N-ethyl adjacent to an activating group) is 1.